The maximum Gasteiger partial charge on any atom is -0.00187 e. The number of unbranched alkanes of at least 4 members (excludes halogenated alkanes) is 13. The van der Waals surface area contributed by atoms with E-state index >= 15 is 0 Å². The molecular weight excluding hydrogens is 278 g/mol. The summed E-state index contributed by atoms with van der Waals surface area (Å²) < 4.78 is 0. The maximum absolute atomic E-state index is 2.77. The van der Waals surface area contributed by atoms with Gasteiger partial charge in [-0.15, -0.1) is 0 Å². The molecule has 0 unspecified atom stereocenters. The molecule has 0 N–H and O–H groups in total. The molecule has 0 aliphatic rings. The van der Waals surface area contributed by atoms with Crippen LogP contribution in [0.3, 0.4) is 0 Å². The molecule has 0 aliphatic heterocycles. The third-order valence-electron chi connectivity index (χ3n) is 4.98. The second kappa shape index (κ2) is 20.0. The van der Waals surface area contributed by atoms with Crippen molar-refractivity contribution in [2.75, 3.05) is 19.6 Å². The largest absolute Gasteiger partial charge is 0.303 e. The summed E-state index contributed by atoms with van der Waals surface area (Å²) in [4.78, 5) is 2.77. The van der Waals surface area contributed by atoms with Crippen LogP contribution in [0.15, 0.2) is 0 Å². The van der Waals surface area contributed by atoms with Crippen LogP contribution >= 0.6 is 0 Å². The SMILES string of the molecule is CCCCCCCCCCN(CCCCCC)CCCCCC. The number of hydrogen-bond acceptors (Lipinski definition) is 1. The molecule has 1 nitrogen and oxygen atoms in total. The van der Waals surface area contributed by atoms with E-state index in [1.807, 2.05) is 0 Å². The summed E-state index contributed by atoms with van der Waals surface area (Å²) in [6, 6.07) is 0. The fraction of sp³-hybridized carbons (Fsp3) is 1.00. The molecule has 0 aliphatic carbocycles. The van der Waals surface area contributed by atoms with Crippen molar-refractivity contribution in [1.82, 2.24) is 4.90 Å². The van der Waals surface area contributed by atoms with Gasteiger partial charge in [0.1, 0.15) is 0 Å². The van der Waals surface area contributed by atoms with Gasteiger partial charge in [-0.1, -0.05) is 104 Å². The van der Waals surface area contributed by atoms with Crippen molar-refractivity contribution in [2.45, 2.75) is 124 Å². The Morgan fingerprint density at radius 1 is 0.348 bits per heavy atom. The summed E-state index contributed by atoms with van der Waals surface area (Å²) in [5.41, 5.74) is 0. The lowest BCUT2D eigenvalue weighted by Crippen LogP contribution is -2.27. The highest BCUT2D eigenvalue weighted by molar-refractivity contribution is 4.60. The van der Waals surface area contributed by atoms with Gasteiger partial charge in [0.25, 0.3) is 0 Å². The van der Waals surface area contributed by atoms with Crippen molar-refractivity contribution in [1.29, 1.82) is 0 Å². The summed E-state index contributed by atoms with van der Waals surface area (Å²) in [5.74, 6) is 0. The van der Waals surface area contributed by atoms with Gasteiger partial charge in [-0.05, 0) is 38.9 Å². The molecule has 0 aromatic heterocycles. The lowest BCUT2D eigenvalue weighted by atomic mass is 10.1. The molecule has 23 heavy (non-hydrogen) atoms. The van der Waals surface area contributed by atoms with Crippen LogP contribution in [-0.2, 0) is 0 Å². The van der Waals surface area contributed by atoms with Crippen LogP contribution < -0.4 is 0 Å². The van der Waals surface area contributed by atoms with Crippen molar-refractivity contribution >= 4 is 0 Å². The van der Waals surface area contributed by atoms with Crippen LogP contribution in [0.1, 0.15) is 124 Å². The molecule has 0 bridgehead atoms. The molecule has 0 fully saturated rings. The van der Waals surface area contributed by atoms with E-state index in [9.17, 15) is 0 Å². The molecule has 0 saturated heterocycles. The van der Waals surface area contributed by atoms with E-state index in [-0.39, 0.29) is 0 Å². The van der Waals surface area contributed by atoms with Crippen LogP contribution in [-0.4, -0.2) is 24.5 Å². The number of hydrogen-bond donors (Lipinski definition) is 0. The summed E-state index contributed by atoms with van der Waals surface area (Å²) in [6.07, 6.45) is 22.8. The second-order valence-corrected chi connectivity index (χ2v) is 7.44. The minimum atomic E-state index is 1.35. The molecule has 0 amide bonds. The molecule has 0 aromatic rings. The Bertz CT molecular complexity index is 190. The zero-order valence-electron chi connectivity index (χ0n) is 16.9. The minimum absolute atomic E-state index is 1.35. The van der Waals surface area contributed by atoms with E-state index in [1.165, 1.54) is 122 Å². The highest BCUT2D eigenvalue weighted by Crippen LogP contribution is 2.10. The Labute approximate surface area is 148 Å². The predicted octanol–water partition coefficient (Wildman–Crippen LogP) is 7.59. The Morgan fingerprint density at radius 3 is 0.957 bits per heavy atom. The van der Waals surface area contributed by atoms with Crippen molar-refractivity contribution in [3.8, 4) is 0 Å². The average Bonchev–Trinajstić information content (AvgIpc) is 2.57. The zero-order chi connectivity index (χ0) is 17.0. The van der Waals surface area contributed by atoms with Gasteiger partial charge < -0.3 is 4.90 Å². The van der Waals surface area contributed by atoms with Crippen molar-refractivity contribution in [2.24, 2.45) is 0 Å². The fourth-order valence-corrected chi connectivity index (χ4v) is 3.33. The molecule has 0 atom stereocenters. The Morgan fingerprint density at radius 2 is 0.609 bits per heavy atom. The standard InChI is InChI=1S/C22H47N/c1-4-7-10-13-14-15-16-19-22-23(20-17-11-8-5-2)21-18-12-9-6-3/h4-22H2,1-3H3. The van der Waals surface area contributed by atoms with Gasteiger partial charge in [-0.3, -0.25) is 0 Å². The van der Waals surface area contributed by atoms with Crippen LogP contribution in [0.4, 0.5) is 0 Å². The summed E-state index contributed by atoms with van der Waals surface area (Å²) in [7, 11) is 0. The van der Waals surface area contributed by atoms with E-state index in [0.717, 1.165) is 0 Å². The van der Waals surface area contributed by atoms with E-state index < -0.39 is 0 Å². The van der Waals surface area contributed by atoms with Crippen molar-refractivity contribution in [3.63, 3.8) is 0 Å². The van der Waals surface area contributed by atoms with Crippen molar-refractivity contribution in [3.05, 3.63) is 0 Å². The molecule has 0 spiro atoms. The van der Waals surface area contributed by atoms with Crippen LogP contribution in [0.25, 0.3) is 0 Å². The smallest absolute Gasteiger partial charge is 0.00187 e. The third-order valence-corrected chi connectivity index (χ3v) is 4.98. The normalized spacial score (nSPS) is 11.5. The summed E-state index contributed by atoms with van der Waals surface area (Å²) in [5, 5.41) is 0. The topological polar surface area (TPSA) is 3.24 Å². The zero-order valence-corrected chi connectivity index (χ0v) is 16.9. The lowest BCUT2D eigenvalue weighted by molar-refractivity contribution is 0.254. The van der Waals surface area contributed by atoms with Gasteiger partial charge in [-0.2, -0.15) is 0 Å². The van der Waals surface area contributed by atoms with Gasteiger partial charge in [-0.25, -0.2) is 0 Å². The quantitative estimate of drug-likeness (QED) is 0.221. The fourth-order valence-electron chi connectivity index (χ4n) is 3.33. The highest BCUT2D eigenvalue weighted by Gasteiger charge is 2.04. The van der Waals surface area contributed by atoms with E-state index in [0.29, 0.717) is 0 Å². The Balaban J connectivity index is 3.64. The second-order valence-electron chi connectivity index (χ2n) is 7.44. The number of rotatable bonds is 19. The van der Waals surface area contributed by atoms with Gasteiger partial charge in [0.05, 0.1) is 0 Å². The van der Waals surface area contributed by atoms with Crippen molar-refractivity contribution < 1.29 is 0 Å². The molecule has 0 saturated carbocycles. The van der Waals surface area contributed by atoms with Crippen LogP contribution in [0.5, 0.6) is 0 Å². The van der Waals surface area contributed by atoms with E-state index in [2.05, 4.69) is 25.7 Å². The first-order chi connectivity index (χ1) is 11.3. The molecule has 0 radical (unpaired) electrons. The van der Waals surface area contributed by atoms with Crippen LogP contribution in [0.2, 0.25) is 0 Å². The molecule has 0 heterocycles. The van der Waals surface area contributed by atoms with Gasteiger partial charge in [0.2, 0.25) is 0 Å². The van der Waals surface area contributed by atoms with Crippen LogP contribution in [0, 0.1) is 0 Å². The molecular formula is C22H47N. The average molecular weight is 326 g/mol. The van der Waals surface area contributed by atoms with E-state index in [4.69, 9.17) is 0 Å². The monoisotopic (exact) mass is 325 g/mol. The van der Waals surface area contributed by atoms with E-state index in [1.54, 1.807) is 0 Å². The third kappa shape index (κ3) is 18.1. The summed E-state index contributed by atoms with van der Waals surface area (Å²) in [6.45, 7) is 11.0. The predicted molar refractivity (Wildman–Crippen MR) is 107 cm³/mol. The van der Waals surface area contributed by atoms with Gasteiger partial charge in [0.15, 0.2) is 0 Å². The summed E-state index contributed by atoms with van der Waals surface area (Å²) >= 11 is 0. The minimum Gasteiger partial charge on any atom is -0.303 e. The molecule has 0 rings (SSSR count). The van der Waals surface area contributed by atoms with Gasteiger partial charge >= 0.3 is 0 Å². The first-order valence-corrected chi connectivity index (χ1v) is 11.1. The lowest BCUT2D eigenvalue weighted by Gasteiger charge is -2.22. The first kappa shape index (κ1) is 23.0. The van der Waals surface area contributed by atoms with Gasteiger partial charge in [0, 0.05) is 0 Å². The maximum atomic E-state index is 2.77. The first-order valence-electron chi connectivity index (χ1n) is 11.1. The Kier molecular flexibility index (Phi) is 20.0. The highest BCUT2D eigenvalue weighted by atomic mass is 15.1. The Hall–Kier alpha value is -0.0400. The molecule has 0 aromatic carbocycles. The molecule has 140 valence electrons. The number of nitrogens with zero attached hydrogens (tertiary/aromatic N) is 1. The molecule has 1 heteroatoms.